The van der Waals surface area contributed by atoms with E-state index in [9.17, 15) is 39.8 Å². The maximum Gasteiger partial charge on any atom is 0.472 e. The minimum Gasteiger partial charge on any atom is -0.457 e. The number of hydrogen-bond donors (Lipinski definition) is 6. The normalized spacial score (nSPS) is 21.4. The first-order chi connectivity index (χ1) is 31.5. The molecule has 13 heteroatoms. The number of phosphoric acid groups is 1. The molecule has 6 atom stereocenters. The number of aliphatic hydroxyl groups excluding tert-OH is 5. The van der Waals surface area contributed by atoms with Crippen molar-refractivity contribution in [2.24, 2.45) is 0 Å². The average molecular weight is 951 g/mol. The SMILES string of the molecule is CCCCCCCCCCCCCCCCCCCCCCCCC(=O)OC(COCCCCCCCCCCCCCCCCCC)COP(=O)(O)OC1C(O)C(O)C(O)C(O)C1O. The van der Waals surface area contributed by atoms with E-state index in [0.717, 1.165) is 38.5 Å². The van der Waals surface area contributed by atoms with Crippen LogP contribution in [-0.2, 0) is 27.9 Å². The van der Waals surface area contributed by atoms with Gasteiger partial charge in [0.25, 0.3) is 0 Å². The summed E-state index contributed by atoms with van der Waals surface area (Å²) in [4.78, 5) is 23.3. The van der Waals surface area contributed by atoms with Gasteiger partial charge in [-0.25, -0.2) is 4.57 Å². The number of esters is 1. The van der Waals surface area contributed by atoms with Gasteiger partial charge in [-0.1, -0.05) is 245 Å². The molecular formula is C52H103O12P. The second kappa shape index (κ2) is 43.4. The molecule has 6 N–H and O–H groups in total. The molecule has 0 aromatic rings. The highest BCUT2D eigenvalue weighted by molar-refractivity contribution is 7.47. The lowest BCUT2D eigenvalue weighted by molar-refractivity contribution is -0.220. The van der Waals surface area contributed by atoms with Gasteiger partial charge in [-0.3, -0.25) is 13.8 Å². The van der Waals surface area contributed by atoms with E-state index in [1.165, 1.54) is 199 Å². The van der Waals surface area contributed by atoms with E-state index < -0.39 is 63.1 Å². The van der Waals surface area contributed by atoms with E-state index in [1.54, 1.807) is 0 Å². The zero-order chi connectivity index (χ0) is 47.6. The molecule has 1 aliphatic rings. The highest BCUT2D eigenvalue weighted by Crippen LogP contribution is 2.47. The molecule has 1 rings (SSSR count). The molecule has 388 valence electrons. The van der Waals surface area contributed by atoms with Crippen LogP contribution in [-0.4, -0.2) is 98.9 Å². The highest BCUT2D eigenvalue weighted by atomic mass is 31.2. The molecule has 0 amide bonds. The van der Waals surface area contributed by atoms with Crippen molar-refractivity contribution in [2.45, 2.75) is 307 Å². The first kappa shape index (κ1) is 62.4. The standard InChI is InChI=1S/C52H103O12P/c1-3-5-7-9-11-13-15-17-19-21-22-23-24-25-26-27-29-31-33-35-37-39-41-46(53)63-45(44-62-65(59,60)64-52-50(57)48(55)47(54)49(56)51(52)58)43-61-42-40-38-36-34-32-30-28-20-18-16-14-12-10-8-6-4-2/h45,47-52,54-58H,3-44H2,1-2H3,(H,59,60). The van der Waals surface area contributed by atoms with Crippen molar-refractivity contribution < 1.29 is 58.3 Å². The van der Waals surface area contributed by atoms with Gasteiger partial charge in [0.05, 0.1) is 13.2 Å². The van der Waals surface area contributed by atoms with Crippen molar-refractivity contribution in [3.63, 3.8) is 0 Å². The summed E-state index contributed by atoms with van der Waals surface area (Å²) in [6.07, 6.45) is 36.0. The minimum absolute atomic E-state index is 0.0673. The molecule has 12 nitrogen and oxygen atoms in total. The smallest absolute Gasteiger partial charge is 0.457 e. The zero-order valence-corrected chi connectivity index (χ0v) is 42.7. The van der Waals surface area contributed by atoms with Crippen LogP contribution in [0.1, 0.15) is 264 Å². The van der Waals surface area contributed by atoms with Crippen molar-refractivity contribution in [3.05, 3.63) is 0 Å². The van der Waals surface area contributed by atoms with E-state index in [1.807, 2.05) is 0 Å². The van der Waals surface area contributed by atoms with E-state index in [0.29, 0.717) is 13.0 Å². The maximum atomic E-state index is 12.9. The van der Waals surface area contributed by atoms with Crippen LogP contribution < -0.4 is 0 Å². The van der Waals surface area contributed by atoms with Gasteiger partial charge >= 0.3 is 13.8 Å². The van der Waals surface area contributed by atoms with Gasteiger partial charge in [-0.05, 0) is 12.8 Å². The highest BCUT2D eigenvalue weighted by Gasteiger charge is 2.51. The molecule has 65 heavy (non-hydrogen) atoms. The lowest BCUT2D eigenvalue weighted by Gasteiger charge is -2.41. The summed E-state index contributed by atoms with van der Waals surface area (Å²) >= 11 is 0. The number of rotatable bonds is 48. The summed E-state index contributed by atoms with van der Waals surface area (Å²) in [6, 6.07) is 0. The molecule has 1 fully saturated rings. The number of hydrogen-bond acceptors (Lipinski definition) is 11. The maximum absolute atomic E-state index is 12.9. The minimum atomic E-state index is -5.01. The third-order valence-corrected chi connectivity index (χ3v) is 14.2. The van der Waals surface area contributed by atoms with Crippen LogP contribution in [0, 0.1) is 0 Å². The molecule has 0 heterocycles. The van der Waals surface area contributed by atoms with Crippen LogP contribution in [0.4, 0.5) is 0 Å². The van der Waals surface area contributed by atoms with Gasteiger partial charge in [-0.15, -0.1) is 0 Å². The number of unbranched alkanes of at least 4 members (excludes halogenated alkanes) is 36. The van der Waals surface area contributed by atoms with Gasteiger partial charge in [0.2, 0.25) is 0 Å². The number of phosphoric ester groups is 1. The summed E-state index contributed by atoms with van der Waals surface area (Å²) in [6.45, 7) is 4.33. The largest absolute Gasteiger partial charge is 0.472 e. The lowest BCUT2D eigenvalue weighted by atomic mass is 9.85. The predicted octanol–water partition coefficient (Wildman–Crippen LogP) is 12.5. The molecule has 6 unspecified atom stereocenters. The van der Waals surface area contributed by atoms with Crippen LogP contribution in [0.15, 0.2) is 0 Å². The quantitative estimate of drug-likeness (QED) is 0.0192. The van der Waals surface area contributed by atoms with Crippen LogP contribution in [0.3, 0.4) is 0 Å². The molecule has 1 aliphatic carbocycles. The molecule has 0 saturated heterocycles. The van der Waals surface area contributed by atoms with Crippen LogP contribution in [0.2, 0.25) is 0 Å². The molecule has 0 aromatic carbocycles. The summed E-state index contributed by atoms with van der Waals surface area (Å²) in [5.41, 5.74) is 0. The summed E-state index contributed by atoms with van der Waals surface area (Å²) in [5, 5.41) is 50.3. The number of carbonyl (C=O) groups is 1. The third-order valence-electron chi connectivity index (χ3n) is 13.2. The lowest BCUT2D eigenvalue weighted by Crippen LogP contribution is -2.64. The summed E-state index contributed by atoms with van der Waals surface area (Å²) in [5.74, 6) is -0.468. The Morgan fingerprint density at radius 2 is 0.723 bits per heavy atom. The fourth-order valence-corrected chi connectivity index (χ4v) is 9.86. The second-order valence-electron chi connectivity index (χ2n) is 19.5. The Balaban J connectivity index is 2.28. The van der Waals surface area contributed by atoms with Crippen molar-refractivity contribution in [2.75, 3.05) is 19.8 Å². The van der Waals surface area contributed by atoms with Crippen molar-refractivity contribution >= 4 is 13.8 Å². The predicted molar refractivity (Wildman–Crippen MR) is 263 cm³/mol. The van der Waals surface area contributed by atoms with Gasteiger partial charge in [0.1, 0.15) is 42.7 Å². The molecule has 0 aromatic heterocycles. The van der Waals surface area contributed by atoms with E-state index >= 15 is 0 Å². The molecule has 1 saturated carbocycles. The zero-order valence-electron chi connectivity index (χ0n) is 41.8. The van der Waals surface area contributed by atoms with Crippen molar-refractivity contribution in [1.82, 2.24) is 0 Å². The van der Waals surface area contributed by atoms with Crippen molar-refractivity contribution in [3.8, 4) is 0 Å². The van der Waals surface area contributed by atoms with E-state index in [-0.39, 0.29) is 13.0 Å². The summed E-state index contributed by atoms with van der Waals surface area (Å²) in [7, 11) is -5.01. The van der Waals surface area contributed by atoms with Crippen LogP contribution in [0.25, 0.3) is 0 Å². The third kappa shape index (κ3) is 35.2. The Bertz CT molecular complexity index is 1080. The number of ether oxygens (including phenoxy) is 2. The average Bonchev–Trinajstić information content (AvgIpc) is 3.29. The van der Waals surface area contributed by atoms with Crippen LogP contribution >= 0.6 is 7.82 Å². The van der Waals surface area contributed by atoms with Gasteiger partial charge in [0.15, 0.2) is 0 Å². The Morgan fingerprint density at radius 1 is 0.431 bits per heavy atom. The molecule has 0 bridgehead atoms. The first-order valence-electron chi connectivity index (χ1n) is 27.4. The van der Waals surface area contributed by atoms with E-state index in [4.69, 9.17) is 18.5 Å². The Kier molecular flexibility index (Phi) is 41.6. The molecule has 0 spiro atoms. The monoisotopic (exact) mass is 951 g/mol. The van der Waals surface area contributed by atoms with Gasteiger partial charge in [0, 0.05) is 13.0 Å². The number of aliphatic hydroxyl groups is 5. The Morgan fingerprint density at radius 3 is 1.06 bits per heavy atom. The first-order valence-corrected chi connectivity index (χ1v) is 28.9. The van der Waals surface area contributed by atoms with Gasteiger partial charge < -0.3 is 39.9 Å². The summed E-state index contributed by atoms with van der Waals surface area (Å²) < 4.78 is 34.4. The molecular weight excluding hydrogens is 848 g/mol. The fraction of sp³-hybridized carbons (Fsp3) is 0.981. The van der Waals surface area contributed by atoms with Gasteiger partial charge in [-0.2, -0.15) is 0 Å². The topological polar surface area (TPSA) is 192 Å². The Labute approximate surface area is 397 Å². The molecule has 0 aliphatic heterocycles. The van der Waals surface area contributed by atoms with Crippen molar-refractivity contribution in [1.29, 1.82) is 0 Å². The second-order valence-corrected chi connectivity index (χ2v) is 20.9. The van der Waals surface area contributed by atoms with E-state index in [2.05, 4.69) is 13.8 Å². The molecule has 0 radical (unpaired) electrons. The Hall–Kier alpha value is -0.660. The van der Waals surface area contributed by atoms with Crippen LogP contribution in [0.5, 0.6) is 0 Å². The number of carbonyl (C=O) groups excluding carboxylic acids is 1. The fourth-order valence-electron chi connectivity index (χ4n) is 8.89.